The number of hydrogen-bond donors (Lipinski definition) is 0. The summed E-state index contributed by atoms with van der Waals surface area (Å²) in [6, 6.07) is 2.62. The molecule has 1 nitrogen and oxygen atoms in total. The third kappa shape index (κ3) is 3.33. The van der Waals surface area contributed by atoms with E-state index in [1.54, 1.807) is 0 Å². The van der Waals surface area contributed by atoms with Crippen molar-refractivity contribution >= 4 is 43.5 Å². The Morgan fingerprint density at radius 1 is 1.21 bits per heavy atom. The summed E-state index contributed by atoms with van der Waals surface area (Å²) in [5.74, 6) is -0.378. The van der Waals surface area contributed by atoms with Crippen molar-refractivity contribution in [1.82, 2.24) is 0 Å². The van der Waals surface area contributed by atoms with Crippen molar-refractivity contribution in [1.29, 1.82) is 0 Å². The van der Waals surface area contributed by atoms with Gasteiger partial charge in [-0.2, -0.15) is 0 Å². The minimum absolute atomic E-state index is 0.0692. The van der Waals surface area contributed by atoms with Crippen LogP contribution in [0.3, 0.4) is 0 Å². The van der Waals surface area contributed by atoms with Crippen LogP contribution in [-0.2, 0) is 0 Å². The van der Waals surface area contributed by atoms with E-state index < -0.39 is 6.36 Å². The van der Waals surface area contributed by atoms with E-state index in [2.05, 4.69) is 36.6 Å². The Morgan fingerprint density at radius 3 is 2.29 bits per heavy atom. The van der Waals surface area contributed by atoms with Gasteiger partial charge in [0.05, 0.1) is 9.50 Å². The Labute approximate surface area is 99.4 Å². The fraction of sp³-hybridized carbons (Fsp3) is 0.143. The Balaban J connectivity index is 3.09. The highest BCUT2D eigenvalue weighted by molar-refractivity contribution is 9.11. The number of rotatable bonds is 1. The molecule has 0 bridgehead atoms. The Morgan fingerprint density at radius 2 is 1.79 bits per heavy atom. The first-order chi connectivity index (χ1) is 6.29. The predicted octanol–water partition coefficient (Wildman–Crippen LogP) is 4.76. The number of alkyl halides is 3. The van der Waals surface area contributed by atoms with Gasteiger partial charge in [0.1, 0.15) is 5.75 Å². The normalized spacial score (nSPS) is 11.6. The molecule has 1 aromatic carbocycles. The van der Waals surface area contributed by atoms with E-state index in [-0.39, 0.29) is 15.2 Å². The number of benzene rings is 1. The molecule has 0 unspecified atom stereocenters. The smallest absolute Gasteiger partial charge is 0.404 e. The van der Waals surface area contributed by atoms with Crippen molar-refractivity contribution < 1.29 is 17.9 Å². The van der Waals surface area contributed by atoms with E-state index >= 15 is 0 Å². The average molecular weight is 354 g/mol. The van der Waals surface area contributed by atoms with Crippen LogP contribution in [0.15, 0.2) is 21.1 Å². The van der Waals surface area contributed by atoms with Crippen LogP contribution < -0.4 is 4.74 Å². The Hall–Kier alpha value is 0.0600. The third-order valence-electron chi connectivity index (χ3n) is 1.19. The van der Waals surface area contributed by atoms with E-state index in [0.29, 0.717) is 4.47 Å². The lowest BCUT2D eigenvalue weighted by molar-refractivity contribution is -0.274. The highest BCUT2D eigenvalue weighted by Gasteiger charge is 2.32. The number of halogens is 6. The first-order valence-electron chi connectivity index (χ1n) is 3.20. The molecule has 78 valence electrons. The highest BCUT2D eigenvalue weighted by atomic mass is 79.9. The molecule has 7 heteroatoms. The monoisotopic (exact) mass is 352 g/mol. The van der Waals surface area contributed by atoms with Crippen molar-refractivity contribution in [2.75, 3.05) is 0 Å². The third-order valence-corrected chi connectivity index (χ3v) is 2.99. The SMILES string of the molecule is FC(F)(F)Oc1cc(Br)cc(Cl)c1Br. The molecule has 0 heterocycles. The molecule has 0 aliphatic carbocycles. The first-order valence-corrected chi connectivity index (χ1v) is 5.16. The predicted molar refractivity (Wildman–Crippen MR) is 53.5 cm³/mol. The van der Waals surface area contributed by atoms with Crippen LogP contribution in [0.25, 0.3) is 0 Å². The van der Waals surface area contributed by atoms with Gasteiger partial charge in [-0.05, 0) is 28.1 Å². The second-order valence-corrected chi connectivity index (χ2v) is 4.36. The van der Waals surface area contributed by atoms with Crippen molar-refractivity contribution in [2.24, 2.45) is 0 Å². The molecular formula is C7H2Br2ClF3O. The van der Waals surface area contributed by atoms with Crippen LogP contribution in [0.4, 0.5) is 13.2 Å². The molecule has 0 aliphatic rings. The van der Waals surface area contributed by atoms with E-state index in [9.17, 15) is 13.2 Å². The molecule has 1 rings (SSSR count). The summed E-state index contributed by atoms with van der Waals surface area (Å²) < 4.78 is 39.9. The molecule has 0 aromatic heterocycles. The maximum atomic E-state index is 11.9. The minimum atomic E-state index is -4.73. The van der Waals surface area contributed by atoms with Gasteiger partial charge < -0.3 is 4.74 Å². The first kappa shape index (κ1) is 12.1. The molecule has 0 fully saturated rings. The van der Waals surface area contributed by atoms with Crippen LogP contribution in [0, 0.1) is 0 Å². The summed E-state index contributed by atoms with van der Waals surface area (Å²) >= 11 is 11.5. The van der Waals surface area contributed by atoms with Crippen LogP contribution in [0.5, 0.6) is 5.75 Å². The molecule has 1 aromatic rings. The van der Waals surface area contributed by atoms with E-state index in [0.717, 1.165) is 0 Å². The summed E-state index contributed by atoms with van der Waals surface area (Å²) in [4.78, 5) is 0. The lowest BCUT2D eigenvalue weighted by Gasteiger charge is -2.11. The lowest BCUT2D eigenvalue weighted by atomic mass is 10.3. The summed E-state index contributed by atoms with van der Waals surface area (Å²) in [6.07, 6.45) is -4.73. The lowest BCUT2D eigenvalue weighted by Crippen LogP contribution is -2.17. The summed E-state index contributed by atoms with van der Waals surface area (Å²) in [7, 11) is 0. The van der Waals surface area contributed by atoms with Crippen molar-refractivity contribution in [2.45, 2.75) is 6.36 Å². The van der Waals surface area contributed by atoms with Gasteiger partial charge in [0, 0.05) is 4.47 Å². The minimum Gasteiger partial charge on any atom is -0.404 e. The van der Waals surface area contributed by atoms with Crippen LogP contribution in [0.1, 0.15) is 0 Å². The van der Waals surface area contributed by atoms with Gasteiger partial charge in [-0.3, -0.25) is 0 Å². The molecule has 0 atom stereocenters. The zero-order valence-electron chi connectivity index (χ0n) is 6.33. The van der Waals surface area contributed by atoms with Gasteiger partial charge in [0.15, 0.2) is 0 Å². The molecule has 14 heavy (non-hydrogen) atoms. The van der Waals surface area contributed by atoms with Crippen molar-refractivity contribution in [3.63, 3.8) is 0 Å². The Bertz CT molecular complexity index is 354. The molecule has 0 saturated heterocycles. The topological polar surface area (TPSA) is 9.23 Å². The Kier molecular flexibility index (Phi) is 3.71. The molecular weight excluding hydrogens is 352 g/mol. The maximum absolute atomic E-state index is 11.9. The van der Waals surface area contributed by atoms with E-state index in [1.807, 2.05) is 0 Å². The fourth-order valence-corrected chi connectivity index (χ4v) is 1.82. The molecule has 0 saturated carbocycles. The van der Waals surface area contributed by atoms with Gasteiger partial charge in [-0.15, -0.1) is 13.2 Å². The quantitative estimate of drug-likeness (QED) is 0.661. The molecule has 0 N–H and O–H groups in total. The standard InChI is InChI=1S/C7H2Br2ClF3O/c8-3-1-4(10)6(9)5(2-3)14-7(11,12)13/h1-2H. The maximum Gasteiger partial charge on any atom is 0.573 e. The summed E-state index contributed by atoms with van der Waals surface area (Å²) in [6.45, 7) is 0. The molecule has 0 amide bonds. The zero-order chi connectivity index (χ0) is 10.9. The largest absolute Gasteiger partial charge is 0.573 e. The summed E-state index contributed by atoms with van der Waals surface area (Å²) in [5, 5.41) is 0.138. The zero-order valence-corrected chi connectivity index (χ0v) is 10.3. The molecule has 0 radical (unpaired) electrons. The number of ether oxygens (including phenoxy) is 1. The average Bonchev–Trinajstić information content (AvgIpc) is 1.96. The summed E-state index contributed by atoms with van der Waals surface area (Å²) in [5.41, 5.74) is 0. The second-order valence-electron chi connectivity index (χ2n) is 2.25. The van der Waals surface area contributed by atoms with Crippen LogP contribution in [0.2, 0.25) is 5.02 Å². The van der Waals surface area contributed by atoms with Crippen LogP contribution >= 0.6 is 43.5 Å². The second kappa shape index (κ2) is 4.28. The van der Waals surface area contributed by atoms with Gasteiger partial charge in [-0.1, -0.05) is 27.5 Å². The van der Waals surface area contributed by atoms with Gasteiger partial charge in [0.25, 0.3) is 0 Å². The van der Waals surface area contributed by atoms with Gasteiger partial charge >= 0.3 is 6.36 Å². The highest BCUT2D eigenvalue weighted by Crippen LogP contribution is 2.38. The van der Waals surface area contributed by atoms with Crippen LogP contribution in [-0.4, -0.2) is 6.36 Å². The van der Waals surface area contributed by atoms with E-state index in [1.165, 1.54) is 12.1 Å². The van der Waals surface area contributed by atoms with Gasteiger partial charge in [0.2, 0.25) is 0 Å². The van der Waals surface area contributed by atoms with E-state index in [4.69, 9.17) is 11.6 Å². The van der Waals surface area contributed by atoms with Crippen molar-refractivity contribution in [3.05, 3.63) is 26.1 Å². The molecule has 0 spiro atoms. The van der Waals surface area contributed by atoms with Gasteiger partial charge in [-0.25, -0.2) is 0 Å². The number of hydrogen-bond acceptors (Lipinski definition) is 1. The fourth-order valence-electron chi connectivity index (χ4n) is 0.731. The molecule has 0 aliphatic heterocycles. The van der Waals surface area contributed by atoms with Crippen molar-refractivity contribution in [3.8, 4) is 5.75 Å².